The van der Waals surface area contributed by atoms with Gasteiger partial charge in [-0.15, -0.1) is 0 Å². The van der Waals surface area contributed by atoms with E-state index in [1.54, 1.807) is 30.3 Å². The van der Waals surface area contributed by atoms with E-state index in [1.165, 1.54) is 4.31 Å². The lowest BCUT2D eigenvalue weighted by Gasteiger charge is -2.22. The number of nitrogens with zero attached hydrogens (tertiary/aromatic N) is 1. The van der Waals surface area contributed by atoms with Crippen molar-refractivity contribution < 1.29 is 13.2 Å². The molecule has 0 aliphatic rings. The van der Waals surface area contributed by atoms with Crippen LogP contribution in [0, 0.1) is 13.8 Å². The number of halogens is 1. The number of aryl methyl sites for hydroxylation is 2. The van der Waals surface area contributed by atoms with Crippen molar-refractivity contribution in [3.05, 3.63) is 58.6 Å². The van der Waals surface area contributed by atoms with E-state index in [0.29, 0.717) is 16.4 Å². The molecule has 2 aromatic carbocycles. The fourth-order valence-electron chi connectivity index (χ4n) is 2.38. The standard InChI is InChI=1S/C18H21ClN2O3S/c1-13-4-7-16(8-5-13)21(25(3,23)24)11-10-18(22)20-17-9-6-15(19)12-14(17)2/h4-9,12H,10-11H2,1-3H3,(H,20,22). The summed E-state index contributed by atoms with van der Waals surface area (Å²) in [7, 11) is -3.48. The molecule has 2 rings (SSSR count). The zero-order chi connectivity index (χ0) is 18.6. The molecule has 0 radical (unpaired) electrons. The highest BCUT2D eigenvalue weighted by Crippen LogP contribution is 2.21. The van der Waals surface area contributed by atoms with Crippen molar-refractivity contribution in [3.8, 4) is 0 Å². The topological polar surface area (TPSA) is 66.5 Å². The minimum absolute atomic E-state index is 0.0447. The summed E-state index contributed by atoms with van der Waals surface area (Å²) >= 11 is 5.90. The minimum Gasteiger partial charge on any atom is -0.326 e. The second-order valence-corrected chi connectivity index (χ2v) is 8.27. The predicted octanol–water partition coefficient (Wildman–Crippen LogP) is 3.75. The van der Waals surface area contributed by atoms with Crippen molar-refractivity contribution in [1.82, 2.24) is 0 Å². The van der Waals surface area contributed by atoms with Crippen LogP contribution in [0.1, 0.15) is 17.5 Å². The van der Waals surface area contributed by atoms with E-state index in [4.69, 9.17) is 11.6 Å². The number of rotatable bonds is 6. The molecular weight excluding hydrogens is 360 g/mol. The van der Waals surface area contributed by atoms with Gasteiger partial charge in [0.1, 0.15) is 0 Å². The molecule has 7 heteroatoms. The fraction of sp³-hybridized carbons (Fsp3) is 0.278. The van der Waals surface area contributed by atoms with Gasteiger partial charge >= 0.3 is 0 Å². The van der Waals surface area contributed by atoms with Crippen LogP contribution in [-0.2, 0) is 14.8 Å². The van der Waals surface area contributed by atoms with Crippen molar-refractivity contribution in [2.75, 3.05) is 22.4 Å². The molecule has 0 aromatic heterocycles. The van der Waals surface area contributed by atoms with Crippen LogP contribution >= 0.6 is 11.6 Å². The van der Waals surface area contributed by atoms with Gasteiger partial charge in [0.05, 0.1) is 11.9 Å². The quantitative estimate of drug-likeness (QED) is 0.829. The molecule has 0 saturated carbocycles. The third kappa shape index (κ3) is 5.47. The number of sulfonamides is 1. The summed E-state index contributed by atoms with van der Waals surface area (Å²) in [4.78, 5) is 12.2. The van der Waals surface area contributed by atoms with Crippen LogP contribution in [-0.4, -0.2) is 27.1 Å². The highest BCUT2D eigenvalue weighted by molar-refractivity contribution is 7.92. The summed E-state index contributed by atoms with van der Waals surface area (Å²) in [6.07, 6.45) is 1.18. The number of carbonyl (C=O) groups is 1. The number of carbonyl (C=O) groups excluding carboxylic acids is 1. The van der Waals surface area contributed by atoms with Gasteiger partial charge in [0.25, 0.3) is 0 Å². The van der Waals surface area contributed by atoms with Gasteiger partial charge in [-0.2, -0.15) is 0 Å². The third-order valence-corrected chi connectivity index (χ3v) is 5.16. The second kappa shape index (κ2) is 7.89. The molecule has 0 heterocycles. The Morgan fingerprint density at radius 3 is 2.32 bits per heavy atom. The van der Waals surface area contributed by atoms with Crippen molar-refractivity contribution in [1.29, 1.82) is 0 Å². The van der Waals surface area contributed by atoms with Crippen LogP contribution in [0.25, 0.3) is 0 Å². The van der Waals surface area contributed by atoms with Gasteiger partial charge in [0.15, 0.2) is 0 Å². The molecule has 5 nitrogen and oxygen atoms in total. The Hall–Kier alpha value is -2.05. The van der Waals surface area contributed by atoms with Crippen LogP contribution in [0.5, 0.6) is 0 Å². The van der Waals surface area contributed by atoms with E-state index in [-0.39, 0.29) is 18.9 Å². The van der Waals surface area contributed by atoms with E-state index in [9.17, 15) is 13.2 Å². The maximum atomic E-state index is 12.2. The Balaban J connectivity index is 2.07. The van der Waals surface area contributed by atoms with Crippen LogP contribution in [0.4, 0.5) is 11.4 Å². The van der Waals surface area contributed by atoms with Crippen LogP contribution in [0.15, 0.2) is 42.5 Å². The second-order valence-electron chi connectivity index (χ2n) is 5.93. The molecule has 0 spiro atoms. The van der Waals surface area contributed by atoms with Crippen LogP contribution < -0.4 is 9.62 Å². The molecule has 0 unspecified atom stereocenters. The fourth-order valence-corrected chi connectivity index (χ4v) is 3.53. The molecule has 134 valence electrons. The molecule has 0 bridgehead atoms. The lowest BCUT2D eigenvalue weighted by Crippen LogP contribution is -2.33. The highest BCUT2D eigenvalue weighted by Gasteiger charge is 2.18. The summed E-state index contributed by atoms with van der Waals surface area (Å²) in [6.45, 7) is 3.84. The van der Waals surface area contributed by atoms with E-state index in [1.807, 2.05) is 26.0 Å². The maximum absolute atomic E-state index is 12.2. The molecule has 2 aromatic rings. The molecule has 1 amide bonds. The van der Waals surface area contributed by atoms with Crippen LogP contribution in [0.3, 0.4) is 0 Å². The van der Waals surface area contributed by atoms with Crippen molar-refractivity contribution >= 4 is 38.9 Å². The lowest BCUT2D eigenvalue weighted by atomic mass is 10.2. The van der Waals surface area contributed by atoms with Crippen LogP contribution in [0.2, 0.25) is 5.02 Å². The van der Waals surface area contributed by atoms with E-state index < -0.39 is 10.0 Å². The lowest BCUT2D eigenvalue weighted by molar-refractivity contribution is -0.116. The van der Waals surface area contributed by atoms with Gasteiger partial charge in [-0.05, 0) is 49.7 Å². The Morgan fingerprint density at radius 2 is 1.76 bits per heavy atom. The number of hydrogen-bond acceptors (Lipinski definition) is 3. The first-order chi connectivity index (χ1) is 11.7. The number of nitrogens with one attached hydrogen (secondary N) is 1. The molecule has 0 fully saturated rings. The first-order valence-electron chi connectivity index (χ1n) is 7.77. The SMILES string of the molecule is Cc1ccc(N(CCC(=O)Nc2ccc(Cl)cc2C)S(C)(=O)=O)cc1. The Kier molecular flexibility index (Phi) is 6.08. The van der Waals surface area contributed by atoms with E-state index in [2.05, 4.69) is 5.32 Å². The minimum atomic E-state index is -3.48. The molecule has 0 aliphatic carbocycles. The van der Waals surface area contributed by atoms with E-state index in [0.717, 1.165) is 17.4 Å². The number of amides is 1. The predicted molar refractivity (Wildman–Crippen MR) is 103 cm³/mol. The van der Waals surface area contributed by atoms with Gasteiger partial charge in [-0.25, -0.2) is 8.42 Å². The zero-order valence-electron chi connectivity index (χ0n) is 14.4. The van der Waals surface area contributed by atoms with Crippen molar-refractivity contribution in [2.45, 2.75) is 20.3 Å². The Morgan fingerprint density at radius 1 is 1.12 bits per heavy atom. The first kappa shape index (κ1) is 19.3. The number of anilines is 2. The number of hydrogen-bond donors (Lipinski definition) is 1. The Labute approximate surface area is 153 Å². The molecule has 0 atom stereocenters. The smallest absolute Gasteiger partial charge is 0.232 e. The average molecular weight is 381 g/mol. The largest absolute Gasteiger partial charge is 0.326 e. The van der Waals surface area contributed by atoms with Gasteiger partial charge in [0, 0.05) is 23.7 Å². The zero-order valence-corrected chi connectivity index (χ0v) is 16.0. The molecule has 25 heavy (non-hydrogen) atoms. The van der Waals surface area contributed by atoms with Gasteiger partial charge in [-0.3, -0.25) is 9.10 Å². The maximum Gasteiger partial charge on any atom is 0.232 e. The monoisotopic (exact) mass is 380 g/mol. The first-order valence-corrected chi connectivity index (χ1v) is 10.00. The van der Waals surface area contributed by atoms with Gasteiger partial charge in [0.2, 0.25) is 15.9 Å². The van der Waals surface area contributed by atoms with Crippen molar-refractivity contribution in [2.24, 2.45) is 0 Å². The van der Waals surface area contributed by atoms with Crippen molar-refractivity contribution in [3.63, 3.8) is 0 Å². The summed E-state index contributed by atoms with van der Waals surface area (Å²) in [6, 6.07) is 12.3. The molecule has 1 N–H and O–H groups in total. The summed E-state index contributed by atoms with van der Waals surface area (Å²) < 4.78 is 25.4. The van der Waals surface area contributed by atoms with Gasteiger partial charge in [-0.1, -0.05) is 29.3 Å². The van der Waals surface area contributed by atoms with E-state index >= 15 is 0 Å². The normalized spacial score (nSPS) is 11.2. The third-order valence-electron chi connectivity index (χ3n) is 3.73. The van der Waals surface area contributed by atoms with Gasteiger partial charge < -0.3 is 5.32 Å². The Bertz CT molecular complexity index is 864. The highest BCUT2D eigenvalue weighted by atomic mass is 35.5. The summed E-state index contributed by atoms with van der Waals surface area (Å²) in [5, 5.41) is 3.38. The molecule has 0 aliphatic heterocycles. The summed E-state index contributed by atoms with van der Waals surface area (Å²) in [5.74, 6) is -0.258. The average Bonchev–Trinajstić information content (AvgIpc) is 2.51. The number of benzene rings is 2. The molecule has 0 saturated heterocycles. The summed E-state index contributed by atoms with van der Waals surface area (Å²) in [5.41, 5.74) is 3.09. The molecular formula is C18H21ClN2O3S.